The van der Waals surface area contributed by atoms with E-state index in [4.69, 9.17) is 37.2 Å². The van der Waals surface area contributed by atoms with Crippen molar-refractivity contribution in [3.63, 3.8) is 0 Å². The highest BCUT2D eigenvalue weighted by Crippen LogP contribution is 2.39. The maximum atomic E-state index is 15.2. The summed E-state index contributed by atoms with van der Waals surface area (Å²) in [6.45, 7) is -1.04. The molecule has 0 radical (unpaired) electrons. The van der Waals surface area contributed by atoms with Crippen LogP contribution in [0.5, 0.6) is 11.6 Å². The molecule has 3 heterocycles. The van der Waals surface area contributed by atoms with Crippen molar-refractivity contribution in [3.05, 3.63) is 82.0 Å². The molecule has 41 heavy (non-hydrogen) atoms. The summed E-state index contributed by atoms with van der Waals surface area (Å²) in [7, 11) is 1.38. The molecule has 0 bridgehead atoms. The van der Waals surface area contributed by atoms with Crippen LogP contribution in [0.1, 0.15) is 16.2 Å². The van der Waals surface area contributed by atoms with Gasteiger partial charge in [0, 0.05) is 22.3 Å². The number of rotatable bonds is 10. The number of nitrogens with zero attached hydrogens (tertiary/aromatic N) is 4. The van der Waals surface area contributed by atoms with Gasteiger partial charge in [-0.15, -0.1) is 0 Å². The number of halogens is 5. The van der Waals surface area contributed by atoms with E-state index >= 15 is 4.39 Å². The topological polar surface area (TPSA) is 116 Å². The molecule has 15 heteroatoms. The summed E-state index contributed by atoms with van der Waals surface area (Å²) >= 11 is 12.2. The number of amides is 1. The van der Waals surface area contributed by atoms with Gasteiger partial charge in [-0.25, -0.2) is 22.8 Å². The highest BCUT2D eigenvalue weighted by Gasteiger charge is 2.20. The van der Waals surface area contributed by atoms with E-state index in [0.717, 1.165) is 6.07 Å². The molecule has 5 aromatic rings. The average molecular weight is 607 g/mol. The monoisotopic (exact) mass is 606 g/mol. The quantitative estimate of drug-likeness (QED) is 0.193. The Bertz CT molecular complexity index is 1730. The molecular weight excluding hydrogens is 588 g/mol. The standard InChI is InChI=1S/C26H19Cl2F3N6O4/c1-39-23-9-21(41-36-23)25(38)35-37-20-5-3-2-4-18(20)34-26(37)33-11-19-17(29)6-13(10-32-19)15-7-14(27)8-16(28)24(15)40-12-22(30)31/h2-10,22H,11-12H2,1H3,(H,33,34)(H,35,38). The van der Waals surface area contributed by atoms with Crippen LogP contribution in [0.4, 0.5) is 19.1 Å². The van der Waals surface area contributed by atoms with E-state index in [1.54, 1.807) is 24.3 Å². The number of ether oxygens (including phenoxy) is 2. The SMILES string of the molecule is COc1cc(C(=O)Nn2c(NCc3ncc(-c4cc(Cl)cc(Cl)c4OCC(F)F)cc3F)nc3ccccc32)on1. The fourth-order valence-electron chi connectivity index (χ4n) is 3.85. The third-order valence-electron chi connectivity index (χ3n) is 5.70. The van der Waals surface area contributed by atoms with Gasteiger partial charge in [0.05, 0.1) is 41.5 Å². The number of imidazole rings is 1. The number of aromatic nitrogens is 4. The maximum absolute atomic E-state index is 15.2. The van der Waals surface area contributed by atoms with Crippen LogP contribution in [-0.2, 0) is 6.54 Å². The van der Waals surface area contributed by atoms with Crippen LogP contribution in [0.3, 0.4) is 0 Å². The summed E-state index contributed by atoms with van der Waals surface area (Å²) in [5.74, 6) is -1.22. The summed E-state index contributed by atoms with van der Waals surface area (Å²) in [5, 5.41) is 6.77. The predicted molar refractivity (Wildman–Crippen MR) is 145 cm³/mol. The minimum absolute atomic E-state index is 0.00169. The van der Waals surface area contributed by atoms with Crippen LogP contribution in [0.15, 0.2) is 59.3 Å². The molecular formula is C26H19Cl2F3N6O4. The van der Waals surface area contributed by atoms with Crippen LogP contribution in [-0.4, -0.2) is 45.9 Å². The Kier molecular flexibility index (Phi) is 8.17. The molecule has 5 rings (SSSR count). The molecule has 0 aliphatic heterocycles. The van der Waals surface area contributed by atoms with Gasteiger partial charge in [-0.2, -0.15) is 0 Å². The fourth-order valence-corrected chi connectivity index (χ4v) is 4.40. The van der Waals surface area contributed by atoms with E-state index in [0.29, 0.717) is 11.0 Å². The Morgan fingerprint density at radius 2 is 1.98 bits per heavy atom. The van der Waals surface area contributed by atoms with Crippen LogP contribution in [0.2, 0.25) is 10.0 Å². The van der Waals surface area contributed by atoms with Gasteiger partial charge in [-0.05, 0) is 35.5 Å². The Hall–Kier alpha value is -4.49. The number of hydrogen-bond donors (Lipinski definition) is 2. The van der Waals surface area contributed by atoms with Gasteiger partial charge in [0.25, 0.3) is 12.3 Å². The zero-order valence-electron chi connectivity index (χ0n) is 21.0. The molecule has 10 nitrogen and oxygen atoms in total. The molecule has 0 atom stereocenters. The largest absolute Gasteiger partial charge is 0.485 e. The molecule has 0 spiro atoms. The van der Waals surface area contributed by atoms with Crippen LogP contribution in [0, 0.1) is 5.82 Å². The van der Waals surface area contributed by atoms with Gasteiger partial charge in [0.1, 0.15) is 18.2 Å². The summed E-state index contributed by atoms with van der Waals surface area (Å²) in [4.78, 5) is 21.4. The lowest BCUT2D eigenvalue weighted by molar-refractivity contribution is 0.0822. The molecule has 3 aromatic heterocycles. The number of fused-ring (bicyclic) bond motifs is 1. The van der Waals surface area contributed by atoms with E-state index in [2.05, 4.69) is 25.9 Å². The molecule has 0 fully saturated rings. The first-order chi connectivity index (χ1) is 19.7. The van der Waals surface area contributed by atoms with Crippen molar-refractivity contribution in [1.82, 2.24) is 19.8 Å². The number of hydrogen-bond acceptors (Lipinski definition) is 8. The third kappa shape index (κ3) is 6.15. The van der Waals surface area contributed by atoms with E-state index in [9.17, 15) is 13.6 Å². The highest BCUT2D eigenvalue weighted by atomic mass is 35.5. The van der Waals surface area contributed by atoms with E-state index < -0.39 is 24.8 Å². The number of pyridine rings is 1. The maximum Gasteiger partial charge on any atom is 0.308 e. The van der Waals surface area contributed by atoms with E-state index in [-0.39, 0.29) is 56.7 Å². The van der Waals surface area contributed by atoms with Crippen molar-refractivity contribution in [2.24, 2.45) is 0 Å². The molecule has 0 aliphatic carbocycles. The van der Waals surface area contributed by atoms with Crippen molar-refractivity contribution in [2.75, 3.05) is 24.5 Å². The van der Waals surface area contributed by atoms with Gasteiger partial charge >= 0.3 is 5.91 Å². The number of alkyl halides is 2. The zero-order chi connectivity index (χ0) is 29.1. The van der Waals surface area contributed by atoms with Crippen molar-refractivity contribution in [3.8, 4) is 22.8 Å². The Morgan fingerprint density at radius 3 is 2.71 bits per heavy atom. The van der Waals surface area contributed by atoms with Gasteiger partial charge in [-0.3, -0.25) is 15.2 Å². The number of carbonyl (C=O) groups is 1. The molecule has 2 aromatic carbocycles. The van der Waals surface area contributed by atoms with Crippen molar-refractivity contribution in [1.29, 1.82) is 0 Å². The van der Waals surface area contributed by atoms with Crippen LogP contribution < -0.4 is 20.2 Å². The predicted octanol–water partition coefficient (Wildman–Crippen LogP) is 6.18. The minimum Gasteiger partial charge on any atom is -0.485 e. The van der Waals surface area contributed by atoms with Crippen molar-refractivity contribution < 1.29 is 32.0 Å². The number of benzene rings is 2. The second-order valence-corrected chi connectivity index (χ2v) is 9.25. The molecule has 2 N–H and O–H groups in total. The van der Waals surface area contributed by atoms with E-state index in [1.165, 1.54) is 36.2 Å². The minimum atomic E-state index is -2.74. The van der Waals surface area contributed by atoms with Crippen molar-refractivity contribution >= 4 is 46.1 Å². The molecule has 0 saturated carbocycles. The third-order valence-corrected chi connectivity index (χ3v) is 6.20. The summed E-state index contributed by atoms with van der Waals surface area (Å²) < 4.78 is 57.2. The first-order valence-corrected chi connectivity index (χ1v) is 12.6. The number of nitrogens with one attached hydrogen (secondary N) is 2. The molecule has 0 saturated heterocycles. The fraction of sp³-hybridized carbons (Fsp3) is 0.154. The number of methoxy groups -OCH3 is 1. The normalized spacial score (nSPS) is 11.2. The first kappa shape index (κ1) is 28.1. The number of anilines is 1. The first-order valence-electron chi connectivity index (χ1n) is 11.8. The molecule has 212 valence electrons. The second-order valence-electron chi connectivity index (χ2n) is 8.41. The Labute approximate surface area is 239 Å². The van der Waals surface area contributed by atoms with Gasteiger partial charge < -0.3 is 19.3 Å². The summed E-state index contributed by atoms with van der Waals surface area (Å²) in [5.41, 5.74) is 4.16. The van der Waals surface area contributed by atoms with E-state index in [1.807, 2.05) is 0 Å². The smallest absolute Gasteiger partial charge is 0.308 e. The lowest BCUT2D eigenvalue weighted by Crippen LogP contribution is -2.24. The summed E-state index contributed by atoms with van der Waals surface area (Å²) in [6.07, 6.45) is -1.41. The lowest BCUT2D eigenvalue weighted by atomic mass is 10.1. The molecule has 0 unspecified atom stereocenters. The lowest BCUT2D eigenvalue weighted by Gasteiger charge is -2.15. The van der Waals surface area contributed by atoms with Crippen molar-refractivity contribution in [2.45, 2.75) is 13.0 Å². The second kappa shape index (κ2) is 11.9. The summed E-state index contributed by atoms with van der Waals surface area (Å²) in [6, 6.07) is 12.2. The molecule has 0 aliphatic rings. The zero-order valence-corrected chi connectivity index (χ0v) is 22.5. The highest BCUT2D eigenvalue weighted by molar-refractivity contribution is 6.36. The molecule has 1 amide bonds. The van der Waals surface area contributed by atoms with Gasteiger partial charge in [-0.1, -0.05) is 35.3 Å². The van der Waals surface area contributed by atoms with Crippen LogP contribution >= 0.6 is 23.2 Å². The Balaban J connectivity index is 1.39. The number of para-hydroxylation sites is 2. The average Bonchev–Trinajstić information content (AvgIpc) is 3.56. The van der Waals surface area contributed by atoms with Gasteiger partial charge in [0.2, 0.25) is 11.7 Å². The number of carbonyl (C=O) groups excluding carboxylic acids is 1. The Morgan fingerprint density at radius 1 is 1.17 bits per heavy atom. The van der Waals surface area contributed by atoms with Gasteiger partial charge in [0.15, 0.2) is 0 Å². The van der Waals surface area contributed by atoms with Crippen LogP contribution in [0.25, 0.3) is 22.2 Å².